The summed E-state index contributed by atoms with van der Waals surface area (Å²) >= 11 is 0. The summed E-state index contributed by atoms with van der Waals surface area (Å²) in [7, 11) is 0. The molecule has 0 aliphatic carbocycles. The first kappa shape index (κ1) is 15.0. The molecule has 1 N–H and O–H groups in total. The van der Waals surface area contributed by atoms with Crippen molar-refractivity contribution in [3.63, 3.8) is 0 Å². The van der Waals surface area contributed by atoms with Crippen LogP contribution in [0, 0.1) is 5.92 Å². The molecule has 1 fully saturated rings. The molecule has 1 aromatic rings. The standard InChI is InChI=1S/C17H26N2O/c1-14(2)17(15-9-5-3-6-10-15)18-13-16(20)19-11-7-4-8-12-19/h3,5-6,9-10,14,17-18H,4,7-8,11-13H2,1-2H3. The van der Waals surface area contributed by atoms with Crippen LogP contribution >= 0.6 is 0 Å². The minimum atomic E-state index is 0.241. The second kappa shape index (κ2) is 7.44. The summed E-state index contributed by atoms with van der Waals surface area (Å²) in [6.45, 7) is 6.68. The molecule has 0 bridgehead atoms. The second-order valence-corrected chi connectivity index (χ2v) is 5.95. The number of piperidine rings is 1. The Hall–Kier alpha value is -1.35. The van der Waals surface area contributed by atoms with E-state index in [1.54, 1.807) is 0 Å². The Bertz CT molecular complexity index is 410. The lowest BCUT2D eigenvalue weighted by molar-refractivity contribution is -0.131. The largest absolute Gasteiger partial charge is 0.342 e. The van der Waals surface area contributed by atoms with E-state index in [4.69, 9.17) is 0 Å². The van der Waals surface area contributed by atoms with Crippen molar-refractivity contribution in [1.29, 1.82) is 0 Å². The van der Waals surface area contributed by atoms with Gasteiger partial charge >= 0.3 is 0 Å². The molecule has 3 heteroatoms. The highest BCUT2D eigenvalue weighted by Crippen LogP contribution is 2.21. The van der Waals surface area contributed by atoms with E-state index in [0.29, 0.717) is 12.5 Å². The summed E-state index contributed by atoms with van der Waals surface area (Å²) in [4.78, 5) is 14.2. The minimum absolute atomic E-state index is 0.241. The van der Waals surface area contributed by atoms with Gasteiger partial charge in [-0.1, -0.05) is 44.2 Å². The van der Waals surface area contributed by atoms with Crippen molar-refractivity contribution in [1.82, 2.24) is 10.2 Å². The van der Waals surface area contributed by atoms with Crippen LogP contribution in [0.2, 0.25) is 0 Å². The second-order valence-electron chi connectivity index (χ2n) is 5.95. The van der Waals surface area contributed by atoms with Crippen molar-refractivity contribution in [3.8, 4) is 0 Å². The summed E-state index contributed by atoms with van der Waals surface area (Å²) in [6, 6.07) is 10.6. The van der Waals surface area contributed by atoms with Crippen LogP contribution in [0.5, 0.6) is 0 Å². The summed E-state index contributed by atoms with van der Waals surface area (Å²) < 4.78 is 0. The Labute approximate surface area is 122 Å². The molecule has 3 nitrogen and oxygen atoms in total. The topological polar surface area (TPSA) is 32.3 Å². The molecule has 1 unspecified atom stereocenters. The number of likely N-dealkylation sites (tertiary alicyclic amines) is 1. The van der Waals surface area contributed by atoms with Gasteiger partial charge in [0.2, 0.25) is 5.91 Å². The third-order valence-electron chi connectivity index (χ3n) is 4.01. The zero-order valence-electron chi connectivity index (χ0n) is 12.6. The fraction of sp³-hybridized carbons (Fsp3) is 0.588. The number of carbonyl (C=O) groups is 1. The summed E-state index contributed by atoms with van der Waals surface area (Å²) in [5, 5.41) is 3.44. The van der Waals surface area contributed by atoms with E-state index < -0.39 is 0 Å². The third kappa shape index (κ3) is 4.07. The quantitative estimate of drug-likeness (QED) is 0.895. The van der Waals surface area contributed by atoms with Gasteiger partial charge in [0.25, 0.3) is 0 Å². The highest BCUT2D eigenvalue weighted by atomic mass is 16.2. The van der Waals surface area contributed by atoms with E-state index >= 15 is 0 Å². The normalized spacial score (nSPS) is 17.2. The zero-order chi connectivity index (χ0) is 14.4. The van der Waals surface area contributed by atoms with Gasteiger partial charge in [0.1, 0.15) is 0 Å². The number of nitrogens with one attached hydrogen (secondary N) is 1. The van der Waals surface area contributed by atoms with E-state index in [-0.39, 0.29) is 11.9 Å². The maximum absolute atomic E-state index is 12.2. The van der Waals surface area contributed by atoms with E-state index in [0.717, 1.165) is 25.9 Å². The first-order chi connectivity index (χ1) is 9.68. The number of amides is 1. The highest BCUT2D eigenvalue weighted by Gasteiger charge is 2.20. The molecule has 20 heavy (non-hydrogen) atoms. The molecule has 0 radical (unpaired) electrons. The molecule has 1 atom stereocenters. The average Bonchev–Trinajstić information content (AvgIpc) is 2.49. The first-order valence-electron chi connectivity index (χ1n) is 7.74. The molecule has 0 saturated carbocycles. The van der Waals surface area contributed by atoms with Crippen molar-refractivity contribution >= 4 is 5.91 Å². The van der Waals surface area contributed by atoms with Gasteiger partial charge < -0.3 is 10.2 Å². The van der Waals surface area contributed by atoms with Gasteiger partial charge in [-0.05, 0) is 30.7 Å². The molecule has 2 rings (SSSR count). The van der Waals surface area contributed by atoms with E-state index in [1.807, 2.05) is 11.0 Å². The zero-order valence-corrected chi connectivity index (χ0v) is 12.6. The maximum Gasteiger partial charge on any atom is 0.236 e. The van der Waals surface area contributed by atoms with Crippen LogP contribution in [0.15, 0.2) is 30.3 Å². The Morgan fingerprint density at radius 1 is 1.15 bits per heavy atom. The number of benzene rings is 1. The lowest BCUT2D eigenvalue weighted by Crippen LogP contribution is -2.42. The van der Waals surface area contributed by atoms with Gasteiger partial charge in [0, 0.05) is 19.1 Å². The molecule has 1 amide bonds. The van der Waals surface area contributed by atoms with Gasteiger partial charge in [0.15, 0.2) is 0 Å². The predicted molar refractivity (Wildman–Crippen MR) is 82.5 cm³/mol. The molecular formula is C17H26N2O. The van der Waals surface area contributed by atoms with Crippen LogP contribution in [-0.4, -0.2) is 30.4 Å². The van der Waals surface area contributed by atoms with Crippen LogP contribution in [0.25, 0.3) is 0 Å². The molecule has 0 spiro atoms. The minimum Gasteiger partial charge on any atom is -0.342 e. The van der Waals surface area contributed by atoms with Crippen LogP contribution in [0.4, 0.5) is 0 Å². The van der Waals surface area contributed by atoms with Crippen LogP contribution < -0.4 is 5.32 Å². The molecule has 1 heterocycles. The number of nitrogens with zero attached hydrogens (tertiary/aromatic N) is 1. The lowest BCUT2D eigenvalue weighted by atomic mass is 9.96. The Kier molecular flexibility index (Phi) is 5.60. The van der Waals surface area contributed by atoms with Crippen LogP contribution in [0.1, 0.15) is 44.7 Å². The molecular weight excluding hydrogens is 248 g/mol. The van der Waals surface area contributed by atoms with Crippen molar-refractivity contribution in [3.05, 3.63) is 35.9 Å². The fourth-order valence-corrected chi connectivity index (χ4v) is 2.85. The smallest absolute Gasteiger partial charge is 0.236 e. The Morgan fingerprint density at radius 2 is 1.80 bits per heavy atom. The SMILES string of the molecule is CC(C)C(NCC(=O)N1CCCCC1)c1ccccc1. The molecule has 1 saturated heterocycles. The van der Waals surface area contributed by atoms with Gasteiger partial charge in [-0.25, -0.2) is 0 Å². The predicted octanol–water partition coefficient (Wildman–Crippen LogP) is 2.99. The Morgan fingerprint density at radius 3 is 2.40 bits per heavy atom. The molecule has 0 aromatic heterocycles. The lowest BCUT2D eigenvalue weighted by Gasteiger charge is -2.29. The van der Waals surface area contributed by atoms with E-state index in [9.17, 15) is 4.79 Å². The van der Waals surface area contributed by atoms with Gasteiger partial charge in [-0.2, -0.15) is 0 Å². The third-order valence-corrected chi connectivity index (χ3v) is 4.01. The van der Waals surface area contributed by atoms with Gasteiger partial charge in [0.05, 0.1) is 6.54 Å². The number of hydrogen-bond donors (Lipinski definition) is 1. The summed E-state index contributed by atoms with van der Waals surface area (Å²) in [6.07, 6.45) is 3.56. The summed E-state index contributed by atoms with van der Waals surface area (Å²) in [5.74, 6) is 0.706. The van der Waals surface area contributed by atoms with Crippen molar-refractivity contribution in [2.45, 2.75) is 39.2 Å². The highest BCUT2D eigenvalue weighted by molar-refractivity contribution is 5.78. The first-order valence-corrected chi connectivity index (χ1v) is 7.74. The van der Waals surface area contributed by atoms with E-state index in [2.05, 4.69) is 43.4 Å². The molecule has 1 aliphatic rings. The Balaban J connectivity index is 1.91. The van der Waals surface area contributed by atoms with E-state index in [1.165, 1.54) is 12.0 Å². The number of rotatable bonds is 5. The van der Waals surface area contributed by atoms with Gasteiger partial charge in [-0.3, -0.25) is 4.79 Å². The average molecular weight is 274 g/mol. The van der Waals surface area contributed by atoms with Crippen molar-refractivity contribution in [2.24, 2.45) is 5.92 Å². The number of hydrogen-bond acceptors (Lipinski definition) is 2. The number of carbonyl (C=O) groups excluding carboxylic acids is 1. The van der Waals surface area contributed by atoms with Crippen molar-refractivity contribution < 1.29 is 4.79 Å². The fourth-order valence-electron chi connectivity index (χ4n) is 2.85. The molecule has 1 aromatic carbocycles. The van der Waals surface area contributed by atoms with Crippen LogP contribution in [-0.2, 0) is 4.79 Å². The monoisotopic (exact) mass is 274 g/mol. The molecule has 1 aliphatic heterocycles. The molecule has 110 valence electrons. The van der Waals surface area contributed by atoms with Gasteiger partial charge in [-0.15, -0.1) is 0 Å². The van der Waals surface area contributed by atoms with Crippen molar-refractivity contribution in [2.75, 3.05) is 19.6 Å². The maximum atomic E-state index is 12.2. The van der Waals surface area contributed by atoms with Crippen LogP contribution in [0.3, 0.4) is 0 Å². The summed E-state index contributed by atoms with van der Waals surface area (Å²) in [5.41, 5.74) is 1.26.